The molecule has 1 unspecified atom stereocenters. The van der Waals surface area contributed by atoms with Crippen LogP contribution in [0.3, 0.4) is 0 Å². The summed E-state index contributed by atoms with van der Waals surface area (Å²) in [7, 11) is 0. The maximum absolute atomic E-state index is 12.3. The van der Waals surface area contributed by atoms with E-state index in [0.29, 0.717) is 5.95 Å². The fourth-order valence-corrected chi connectivity index (χ4v) is 3.41. The van der Waals surface area contributed by atoms with Gasteiger partial charge in [-0.1, -0.05) is 60.2 Å². The summed E-state index contributed by atoms with van der Waals surface area (Å²) in [6.07, 6.45) is 3.56. The van der Waals surface area contributed by atoms with Crippen LogP contribution in [0.25, 0.3) is 5.70 Å². The van der Waals surface area contributed by atoms with Crippen LogP contribution in [0.4, 0.5) is 11.9 Å². The lowest BCUT2D eigenvalue weighted by atomic mass is 10.0. The molecule has 7 nitrogen and oxygen atoms in total. The molecule has 0 radical (unpaired) electrons. The number of hydrogen-bond donors (Lipinski definition) is 2. The molecule has 0 saturated carbocycles. The first kappa shape index (κ1) is 17.9. The third kappa shape index (κ3) is 3.37. The van der Waals surface area contributed by atoms with Crippen LogP contribution in [0, 0.1) is 6.92 Å². The predicted octanol–water partition coefficient (Wildman–Crippen LogP) is 4.49. The Morgan fingerprint density at radius 2 is 1.87 bits per heavy atom. The molecule has 2 aromatic heterocycles. The second kappa shape index (κ2) is 7.36. The number of aromatic nitrogens is 3. The molecule has 148 valence electrons. The highest BCUT2D eigenvalue weighted by Gasteiger charge is 2.26. The summed E-state index contributed by atoms with van der Waals surface area (Å²) >= 11 is 0. The van der Waals surface area contributed by atoms with Crippen molar-refractivity contribution >= 4 is 23.5 Å². The van der Waals surface area contributed by atoms with Gasteiger partial charge in [0.05, 0.1) is 6.26 Å². The van der Waals surface area contributed by atoms with Crippen LogP contribution in [-0.4, -0.2) is 20.7 Å². The quantitative estimate of drug-likeness (QED) is 0.530. The number of hydrogen-bond acceptors (Lipinski definition) is 5. The van der Waals surface area contributed by atoms with Gasteiger partial charge >= 0.3 is 0 Å². The SMILES string of the molecule is Cc1ccc(C2=CC(c3ccccc3)n3nc(NC(=O)c4ccco4)nc3N2)cc1. The minimum absolute atomic E-state index is 0.166. The number of rotatable bonds is 4. The largest absolute Gasteiger partial charge is 0.459 e. The van der Waals surface area contributed by atoms with Crippen molar-refractivity contribution in [3.8, 4) is 0 Å². The molecule has 4 aromatic rings. The van der Waals surface area contributed by atoms with Crippen LogP contribution in [0.5, 0.6) is 0 Å². The van der Waals surface area contributed by atoms with Crippen molar-refractivity contribution in [2.45, 2.75) is 13.0 Å². The van der Waals surface area contributed by atoms with Crippen molar-refractivity contribution < 1.29 is 9.21 Å². The summed E-state index contributed by atoms with van der Waals surface area (Å²) in [6.45, 7) is 2.06. The van der Waals surface area contributed by atoms with Crippen molar-refractivity contribution in [1.82, 2.24) is 14.8 Å². The average molecular weight is 397 g/mol. The first-order chi connectivity index (χ1) is 14.7. The number of aryl methyl sites for hydroxylation is 1. The van der Waals surface area contributed by atoms with Gasteiger partial charge in [0.1, 0.15) is 6.04 Å². The highest BCUT2D eigenvalue weighted by Crippen LogP contribution is 2.33. The minimum atomic E-state index is -0.397. The molecule has 5 rings (SSSR count). The molecule has 0 saturated heterocycles. The minimum Gasteiger partial charge on any atom is -0.459 e. The highest BCUT2D eigenvalue weighted by atomic mass is 16.3. The van der Waals surface area contributed by atoms with Crippen LogP contribution in [-0.2, 0) is 0 Å². The number of anilines is 2. The second-order valence-corrected chi connectivity index (χ2v) is 7.06. The topological polar surface area (TPSA) is 85.0 Å². The summed E-state index contributed by atoms with van der Waals surface area (Å²) in [6, 6.07) is 21.4. The van der Waals surface area contributed by atoms with Gasteiger partial charge in [-0.3, -0.25) is 10.1 Å². The molecule has 0 bridgehead atoms. The zero-order valence-electron chi connectivity index (χ0n) is 16.2. The molecule has 30 heavy (non-hydrogen) atoms. The van der Waals surface area contributed by atoms with Gasteiger partial charge < -0.3 is 9.73 Å². The number of fused-ring (bicyclic) bond motifs is 1. The Kier molecular flexibility index (Phi) is 4.40. The van der Waals surface area contributed by atoms with Gasteiger partial charge in [-0.25, -0.2) is 4.68 Å². The van der Waals surface area contributed by atoms with E-state index in [1.807, 2.05) is 30.3 Å². The number of benzene rings is 2. The molecule has 1 aliphatic rings. The first-order valence-electron chi connectivity index (χ1n) is 9.59. The van der Waals surface area contributed by atoms with Crippen molar-refractivity contribution in [3.05, 3.63) is 102 Å². The standard InChI is InChI=1S/C23H19N5O2/c1-15-9-11-16(12-10-15)18-14-19(17-6-3-2-4-7-17)28-23(24-18)26-22(27-28)25-21(29)20-8-5-13-30-20/h2-14,19H,1H3,(H2,24,25,26,27,29). The average Bonchev–Trinajstić information content (AvgIpc) is 3.44. The number of nitrogens with zero attached hydrogens (tertiary/aromatic N) is 3. The van der Waals surface area contributed by atoms with E-state index in [-0.39, 0.29) is 17.8 Å². The van der Waals surface area contributed by atoms with E-state index in [1.54, 1.807) is 16.8 Å². The predicted molar refractivity (Wildman–Crippen MR) is 114 cm³/mol. The lowest BCUT2D eigenvalue weighted by molar-refractivity contribution is 0.0996. The van der Waals surface area contributed by atoms with Crippen LogP contribution in [0.1, 0.15) is 33.3 Å². The van der Waals surface area contributed by atoms with Gasteiger partial charge in [0.25, 0.3) is 11.9 Å². The molecule has 2 aromatic carbocycles. The Morgan fingerprint density at radius 1 is 1.07 bits per heavy atom. The van der Waals surface area contributed by atoms with Gasteiger partial charge in [0.2, 0.25) is 5.95 Å². The van der Waals surface area contributed by atoms with Crippen molar-refractivity contribution in [2.24, 2.45) is 0 Å². The third-order valence-electron chi connectivity index (χ3n) is 4.94. The van der Waals surface area contributed by atoms with E-state index in [4.69, 9.17) is 4.42 Å². The Labute approximate surface area is 173 Å². The number of carbonyl (C=O) groups excluding carboxylic acids is 1. The molecule has 7 heteroatoms. The molecular weight excluding hydrogens is 378 g/mol. The normalized spacial score (nSPS) is 15.1. The number of amides is 1. The van der Waals surface area contributed by atoms with Crippen molar-refractivity contribution in [2.75, 3.05) is 10.6 Å². The molecule has 1 amide bonds. The van der Waals surface area contributed by atoms with E-state index in [2.05, 4.69) is 58.0 Å². The van der Waals surface area contributed by atoms with E-state index < -0.39 is 5.91 Å². The zero-order chi connectivity index (χ0) is 20.5. The van der Waals surface area contributed by atoms with Crippen LogP contribution in [0.15, 0.2) is 83.5 Å². The lowest BCUT2D eigenvalue weighted by Gasteiger charge is -2.24. The number of carbonyl (C=O) groups is 1. The summed E-state index contributed by atoms with van der Waals surface area (Å²) in [5.74, 6) is 0.565. The third-order valence-corrected chi connectivity index (χ3v) is 4.94. The maximum Gasteiger partial charge on any atom is 0.293 e. The van der Waals surface area contributed by atoms with Gasteiger partial charge in [-0.15, -0.1) is 5.10 Å². The van der Waals surface area contributed by atoms with Gasteiger partial charge in [0.15, 0.2) is 5.76 Å². The van der Waals surface area contributed by atoms with Crippen LogP contribution < -0.4 is 10.6 Å². The smallest absolute Gasteiger partial charge is 0.293 e. The molecule has 0 fully saturated rings. The number of nitrogens with one attached hydrogen (secondary N) is 2. The van der Waals surface area contributed by atoms with Crippen molar-refractivity contribution in [1.29, 1.82) is 0 Å². The fourth-order valence-electron chi connectivity index (χ4n) is 3.41. The summed E-state index contributed by atoms with van der Waals surface area (Å²) in [5.41, 5.74) is 4.25. The molecular formula is C23H19N5O2. The van der Waals surface area contributed by atoms with Gasteiger partial charge in [-0.2, -0.15) is 4.98 Å². The van der Waals surface area contributed by atoms with Crippen LogP contribution in [0.2, 0.25) is 0 Å². The molecule has 3 heterocycles. The zero-order valence-corrected chi connectivity index (χ0v) is 16.2. The Bertz CT molecular complexity index is 1210. The van der Waals surface area contributed by atoms with E-state index in [9.17, 15) is 4.79 Å². The van der Waals surface area contributed by atoms with Crippen LogP contribution >= 0.6 is 0 Å². The van der Waals surface area contributed by atoms with Gasteiger partial charge in [0, 0.05) is 5.70 Å². The molecule has 1 aliphatic heterocycles. The van der Waals surface area contributed by atoms with Gasteiger partial charge in [-0.05, 0) is 36.3 Å². The second-order valence-electron chi connectivity index (χ2n) is 7.06. The first-order valence-corrected chi connectivity index (χ1v) is 9.59. The summed E-state index contributed by atoms with van der Waals surface area (Å²) < 4.78 is 6.91. The Hall–Kier alpha value is -4.13. The summed E-state index contributed by atoms with van der Waals surface area (Å²) in [5, 5.41) is 10.6. The maximum atomic E-state index is 12.3. The van der Waals surface area contributed by atoms with E-state index in [1.165, 1.54) is 11.8 Å². The molecule has 0 aliphatic carbocycles. The number of furan rings is 1. The molecule has 0 spiro atoms. The van der Waals surface area contributed by atoms with E-state index >= 15 is 0 Å². The lowest BCUT2D eigenvalue weighted by Crippen LogP contribution is -2.20. The number of allylic oxidation sites excluding steroid dienone is 1. The highest BCUT2D eigenvalue weighted by molar-refractivity contribution is 6.01. The Balaban J connectivity index is 1.52. The van der Waals surface area contributed by atoms with E-state index in [0.717, 1.165) is 16.8 Å². The monoisotopic (exact) mass is 397 g/mol. The van der Waals surface area contributed by atoms with Crippen molar-refractivity contribution in [3.63, 3.8) is 0 Å². The fraction of sp³-hybridized carbons (Fsp3) is 0.0870. The molecule has 1 atom stereocenters. The summed E-state index contributed by atoms with van der Waals surface area (Å²) in [4.78, 5) is 16.8. The Morgan fingerprint density at radius 3 is 2.60 bits per heavy atom. The molecule has 2 N–H and O–H groups in total.